The maximum absolute atomic E-state index is 11.0. The number of methoxy groups -OCH3 is 1. The van der Waals surface area contributed by atoms with Gasteiger partial charge in [-0.2, -0.15) is 5.26 Å². The van der Waals surface area contributed by atoms with Crippen LogP contribution in [0.4, 0.5) is 10.7 Å². The van der Waals surface area contributed by atoms with Gasteiger partial charge in [-0.05, 0) is 24.8 Å². The zero-order valence-corrected chi connectivity index (χ0v) is 13.6. The van der Waals surface area contributed by atoms with Crippen LogP contribution in [0.5, 0.6) is 11.5 Å². The Hall–Kier alpha value is -2.92. The maximum atomic E-state index is 11.0. The van der Waals surface area contributed by atoms with Crippen molar-refractivity contribution in [2.75, 3.05) is 7.11 Å². The number of nitriles is 1. The number of thiophene rings is 1. The van der Waals surface area contributed by atoms with Crippen molar-refractivity contribution in [2.45, 2.75) is 19.3 Å². The Morgan fingerprint density at radius 3 is 2.96 bits per heavy atom. The fourth-order valence-corrected chi connectivity index (χ4v) is 3.88. The second kappa shape index (κ2) is 6.29. The van der Waals surface area contributed by atoms with Gasteiger partial charge >= 0.3 is 0 Å². The number of ether oxygens (including phenoxy) is 1. The summed E-state index contributed by atoms with van der Waals surface area (Å²) in [6.45, 7) is 0. The minimum Gasteiger partial charge on any atom is -0.504 e. The molecule has 7 nitrogen and oxygen atoms in total. The van der Waals surface area contributed by atoms with Gasteiger partial charge in [-0.3, -0.25) is 10.1 Å². The van der Waals surface area contributed by atoms with Gasteiger partial charge < -0.3 is 9.84 Å². The number of nitrogens with zero attached hydrogens (tertiary/aromatic N) is 3. The van der Waals surface area contributed by atoms with Crippen LogP contribution < -0.4 is 4.74 Å². The number of aliphatic imine (C=N–C) groups is 1. The molecule has 0 bridgehead atoms. The van der Waals surface area contributed by atoms with Crippen molar-refractivity contribution in [2.24, 2.45) is 4.99 Å². The van der Waals surface area contributed by atoms with Crippen LogP contribution in [0.3, 0.4) is 0 Å². The molecule has 2 aromatic rings. The number of aromatic hydroxyl groups is 1. The van der Waals surface area contributed by atoms with Gasteiger partial charge in [-0.1, -0.05) is 0 Å². The molecule has 1 heterocycles. The molecule has 0 amide bonds. The number of non-ortho nitro benzene ring substituents is 1. The first kappa shape index (κ1) is 16.0. The largest absolute Gasteiger partial charge is 0.504 e. The molecule has 3 rings (SSSR count). The first-order chi connectivity index (χ1) is 11.5. The molecule has 8 heteroatoms. The van der Waals surface area contributed by atoms with E-state index >= 15 is 0 Å². The molecule has 1 aromatic heterocycles. The summed E-state index contributed by atoms with van der Waals surface area (Å²) in [7, 11) is 1.32. The maximum Gasteiger partial charge on any atom is 0.274 e. The summed E-state index contributed by atoms with van der Waals surface area (Å²) in [5, 5.41) is 31.0. The van der Waals surface area contributed by atoms with Gasteiger partial charge in [0, 0.05) is 22.7 Å². The average Bonchev–Trinajstić information content (AvgIpc) is 3.13. The number of aryl methyl sites for hydroxylation is 1. The molecule has 0 aliphatic heterocycles. The zero-order chi connectivity index (χ0) is 17.3. The third kappa shape index (κ3) is 2.70. The molecule has 122 valence electrons. The summed E-state index contributed by atoms with van der Waals surface area (Å²) in [5.41, 5.74) is 1.56. The molecule has 1 N–H and O–H groups in total. The van der Waals surface area contributed by atoms with E-state index in [2.05, 4.69) is 11.1 Å². The number of phenolic OH excluding ortho intramolecular Hbond substituents is 1. The van der Waals surface area contributed by atoms with Crippen molar-refractivity contribution in [1.82, 2.24) is 0 Å². The van der Waals surface area contributed by atoms with E-state index in [0.29, 0.717) is 10.6 Å². The molecule has 0 saturated carbocycles. The highest BCUT2D eigenvalue weighted by molar-refractivity contribution is 7.16. The van der Waals surface area contributed by atoms with E-state index in [-0.39, 0.29) is 22.7 Å². The molecular formula is C16H13N3O4S. The molecular weight excluding hydrogens is 330 g/mol. The zero-order valence-electron chi connectivity index (χ0n) is 12.8. The normalized spacial score (nSPS) is 13.0. The highest BCUT2D eigenvalue weighted by Crippen LogP contribution is 2.40. The van der Waals surface area contributed by atoms with Crippen LogP contribution in [0, 0.1) is 21.4 Å². The average molecular weight is 343 g/mol. The SMILES string of the molecule is COc1cc([N+](=O)[O-])cc(C=Nc2sc3c(c2C#N)CCC3)c1O. The van der Waals surface area contributed by atoms with E-state index in [1.54, 1.807) is 0 Å². The van der Waals surface area contributed by atoms with Crippen molar-refractivity contribution in [3.05, 3.63) is 43.8 Å². The first-order valence-electron chi connectivity index (χ1n) is 7.19. The number of hydrogen-bond acceptors (Lipinski definition) is 7. The lowest BCUT2D eigenvalue weighted by molar-refractivity contribution is -0.385. The third-order valence-electron chi connectivity index (χ3n) is 3.86. The number of rotatable bonds is 4. The van der Waals surface area contributed by atoms with Crippen LogP contribution in [0.15, 0.2) is 17.1 Å². The monoisotopic (exact) mass is 343 g/mol. The molecule has 24 heavy (non-hydrogen) atoms. The number of nitro benzene ring substituents is 1. The topological polar surface area (TPSA) is 109 Å². The van der Waals surface area contributed by atoms with Gasteiger partial charge in [0.15, 0.2) is 11.5 Å². The predicted molar refractivity (Wildman–Crippen MR) is 89.6 cm³/mol. The first-order valence-corrected chi connectivity index (χ1v) is 8.01. The standard InChI is InChI=1S/C16H13N3O4S/c1-23-13-6-10(19(21)22)5-9(15(13)20)8-18-16-12(7-17)11-3-2-4-14(11)24-16/h5-6,8,20H,2-4H2,1H3. The van der Waals surface area contributed by atoms with E-state index < -0.39 is 4.92 Å². The minimum atomic E-state index is -0.570. The van der Waals surface area contributed by atoms with Crippen molar-refractivity contribution in [3.63, 3.8) is 0 Å². The van der Waals surface area contributed by atoms with E-state index in [1.807, 2.05) is 0 Å². The predicted octanol–water partition coefficient (Wildman–Crippen LogP) is 3.48. The number of fused-ring (bicyclic) bond motifs is 1. The fourth-order valence-electron chi connectivity index (χ4n) is 2.70. The quantitative estimate of drug-likeness (QED) is 0.519. The summed E-state index contributed by atoms with van der Waals surface area (Å²) >= 11 is 1.45. The molecule has 0 spiro atoms. The third-order valence-corrected chi connectivity index (χ3v) is 5.06. The fraction of sp³-hybridized carbons (Fsp3) is 0.250. The van der Waals surface area contributed by atoms with Gasteiger partial charge in [0.2, 0.25) is 0 Å². The van der Waals surface area contributed by atoms with E-state index in [0.717, 1.165) is 30.9 Å². The Morgan fingerprint density at radius 1 is 1.50 bits per heavy atom. The van der Waals surface area contributed by atoms with Crippen molar-refractivity contribution in [1.29, 1.82) is 5.26 Å². The van der Waals surface area contributed by atoms with Crippen LogP contribution in [-0.2, 0) is 12.8 Å². The molecule has 0 radical (unpaired) electrons. The lowest BCUT2D eigenvalue weighted by atomic mass is 10.1. The summed E-state index contributed by atoms with van der Waals surface area (Å²) in [4.78, 5) is 15.9. The number of benzene rings is 1. The molecule has 1 aliphatic carbocycles. The van der Waals surface area contributed by atoms with Crippen LogP contribution in [0.25, 0.3) is 0 Å². The lowest BCUT2D eigenvalue weighted by Crippen LogP contribution is -1.94. The van der Waals surface area contributed by atoms with Gasteiger partial charge in [0.25, 0.3) is 5.69 Å². The number of nitro groups is 1. The Balaban J connectivity index is 2.03. The van der Waals surface area contributed by atoms with E-state index in [4.69, 9.17) is 4.74 Å². The Labute approximate surface area is 141 Å². The minimum absolute atomic E-state index is 0.000157. The summed E-state index contributed by atoms with van der Waals surface area (Å²) in [6.07, 6.45) is 4.19. The molecule has 0 saturated heterocycles. The van der Waals surface area contributed by atoms with Gasteiger partial charge in [-0.15, -0.1) is 11.3 Å². The highest BCUT2D eigenvalue weighted by atomic mass is 32.1. The summed E-state index contributed by atoms with van der Waals surface area (Å²) < 4.78 is 4.96. The lowest BCUT2D eigenvalue weighted by Gasteiger charge is -2.05. The highest BCUT2D eigenvalue weighted by Gasteiger charge is 2.22. The van der Waals surface area contributed by atoms with Gasteiger partial charge in [-0.25, -0.2) is 4.99 Å². The molecule has 1 aliphatic rings. The Bertz CT molecular complexity index is 896. The van der Waals surface area contributed by atoms with Crippen molar-refractivity contribution in [3.8, 4) is 17.6 Å². The molecule has 0 unspecified atom stereocenters. The van der Waals surface area contributed by atoms with E-state index in [9.17, 15) is 20.5 Å². The number of hydrogen-bond donors (Lipinski definition) is 1. The van der Waals surface area contributed by atoms with Gasteiger partial charge in [0.1, 0.15) is 11.1 Å². The van der Waals surface area contributed by atoms with E-state index in [1.165, 1.54) is 35.6 Å². The smallest absolute Gasteiger partial charge is 0.274 e. The van der Waals surface area contributed by atoms with Crippen molar-refractivity contribution >= 4 is 28.2 Å². The van der Waals surface area contributed by atoms with Crippen LogP contribution >= 0.6 is 11.3 Å². The Kier molecular flexibility index (Phi) is 4.18. The van der Waals surface area contributed by atoms with Crippen LogP contribution in [0.2, 0.25) is 0 Å². The van der Waals surface area contributed by atoms with Crippen LogP contribution in [0.1, 0.15) is 28.0 Å². The molecule has 1 aromatic carbocycles. The molecule has 0 fully saturated rings. The summed E-state index contributed by atoms with van der Waals surface area (Å²) in [5.74, 6) is -0.228. The second-order valence-electron chi connectivity index (χ2n) is 5.25. The van der Waals surface area contributed by atoms with Crippen molar-refractivity contribution < 1.29 is 14.8 Å². The van der Waals surface area contributed by atoms with Crippen LogP contribution in [-0.4, -0.2) is 23.4 Å². The Morgan fingerprint density at radius 2 is 2.29 bits per heavy atom. The second-order valence-corrected chi connectivity index (χ2v) is 6.33. The summed E-state index contributed by atoms with van der Waals surface area (Å²) in [6, 6.07) is 4.54. The molecule has 0 atom stereocenters. The van der Waals surface area contributed by atoms with Gasteiger partial charge in [0.05, 0.1) is 23.7 Å². The number of phenols is 1.